The highest BCUT2D eigenvalue weighted by molar-refractivity contribution is 5.89. The maximum Gasteiger partial charge on any atom is 0.215 e. The fourth-order valence-electron chi connectivity index (χ4n) is 4.30. The molecule has 0 aliphatic carbocycles. The molecule has 3 heterocycles. The van der Waals surface area contributed by atoms with Gasteiger partial charge in [-0.05, 0) is 23.3 Å². The van der Waals surface area contributed by atoms with Gasteiger partial charge in [0, 0.05) is 23.5 Å². The average Bonchev–Trinajstić information content (AvgIpc) is 3.17. The molecule has 1 aromatic heterocycles. The first-order valence-corrected chi connectivity index (χ1v) is 8.54. The normalized spacial score (nSPS) is 16.3. The highest BCUT2D eigenvalue weighted by Crippen LogP contribution is 2.53. The highest BCUT2D eigenvalue weighted by atomic mass is 15.4. The number of benzene rings is 3. The number of aromatic nitrogens is 2. The van der Waals surface area contributed by atoms with E-state index in [4.69, 9.17) is 4.98 Å². The van der Waals surface area contributed by atoms with Gasteiger partial charge in [0.05, 0.1) is 17.4 Å². The number of fused-ring (bicyclic) bond motifs is 11. The molecule has 0 saturated carbocycles. The Labute approximate surface area is 145 Å². The van der Waals surface area contributed by atoms with Crippen molar-refractivity contribution in [3.8, 4) is 16.8 Å². The summed E-state index contributed by atoms with van der Waals surface area (Å²) in [4.78, 5) is 7.08. The molecule has 0 fully saturated rings. The molecule has 3 heteroatoms. The lowest BCUT2D eigenvalue weighted by atomic mass is 9.83. The lowest BCUT2D eigenvalue weighted by Gasteiger charge is -2.43. The van der Waals surface area contributed by atoms with Crippen molar-refractivity contribution in [3.05, 3.63) is 96.3 Å². The minimum absolute atomic E-state index is 0.150. The van der Waals surface area contributed by atoms with Crippen molar-refractivity contribution in [1.29, 1.82) is 0 Å². The summed E-state index contributed by atoms with van der Waals surface area (Å²) < 4.78 is 2.19. The Balaban J connectivity index is 1.77. The first kappa shape index (κ1) is 13.0. The molecule has 2 aliphatic heterocycles. The third kappa shape index (κ3) is 1.57. The van der Waals surface area contributed by atoms with Crippen molar-refractivity contribution in [1.82, 2.24) is 9.55 Å². The monoisotopic (exact) mass is 321 g/mol. The molecule has 1 unspecified atom stereocenters. The molecule has 0 N–H and O–H groups in total. The Morgan fingerprint density at radius 3 is 2.24 bits per heavy atom. The molecule has 4 aromatic rings. The Kier molecular flexibility index (Phi) is 2.40. The first-order chi connectivity index (χ1) is 12.4. The Morgan fingerprint density at radius 2 is 1.36 bits per heavy atom. The molecular formula is C22H15N3. The molecule has 0 amide bonds. The molecule has 3 aromatic carbocycles. The number of para-hydroxylation sites is 2. The lowest BCUT2D eigenvalue weighted by Crippen LogP contribution is -2.34. The van der Waals surface area contributed by atoms with E-state index in [9.17, 15) is 0 Å². The molecule has 0 radical (unpaired) electrons. The lowest BCUT2D eigenvalue weighted by molar-refractivity contribution is 0.733. The zero-order chi connectivity index (χ0) is 16.4. The second-order valence-corrected chi connectivity index (χ2v) is 6.53. The topological polar surface area (TPSA) is 21.1 Å². The van der Waals surface area contributed by atoms with Gasteiger partial charge in [-0.2, -0.15) is 0 Å². The van der Waals surface area contributed by atoms with Crippen LogP contribution in [-0.4, -0.2) is 9.55 Å². The summed E-state index contributed by atoms with van der Waals surface area (Å²) in [5.74, 6) is 0.977. The summed E-state index contributed by atoms with van der Waals surface area (Å²) in [6, 6.07) is 26.2. The summed E-state index contributed by atoms with van der Waals surface area (Å²) in [5.41, 5.74) is 7.66. The predicted octanol–water partition coefficient (Wildman–Crippen LogP) is 5.09. The summed E-state index contributed by atoms with van der Waals surface area (Å²) in [6.45, 7) is 0. The van der Waals surface area contributed by atoms with Crippen LogP contribution in [0.15, 0.2) is 85.2 Å². The van der Waals surface area contributed by atoms with Gasteiger partial charge in [-0.3, -0.25) is 9.47 Å². The van der Waals surface area contributed by atoms with Gasteiger partial charge in [-0.1, -0.05) is 60.7 Å². The molecule has 25 heavy (non-hydrogen) atoms. The summed E-state index contributed by atoms with van der Waals surface area (Å²) in [7, 11) is 0. The second kappa shape index (κ2) is 4.61. The van der Waals surface area contributed by atoms with Crippen LogP contribution in [0.1, 0.15) is 17.2 Å². The van der Waals surface area contributed by atoms with Crippen molar-refractivity contribution in [3.63, 3.8) is 0 Å². The summed E-state index contributed by atoms with van der Waals surface area (Å²) in [5, 5.41) is 0. The summed E-state index contributed by atoms with van der Waals surface area (Å²) >= 11 is 0. The smallest absolute Gasteiger partial charge is 0.215 e. The van der Waals surface area contributed by atoms with Crippen LogP contribution in [0.25, 0.3) is 16.8 Å². The minimum atomic E-state index is 0.150. The third-order valence-electron chi connectivity index (χ3n) is 5.29. The molecular weight excluding hydrogens is 306 g/mol. The van der Waals surface area contributed by atoms with Crippen LogP contribution in [0.4, 0.5) is 11.6 Å². The van der Waals surface area contributed by atoms with E-state index in [2.05, 4.69) is 82.3 Å². The molecule has 2 aliphatic rings. The zero-order valence-corrected chi connectivity index (χ0v) is 13.5. The maximum atomic E-state index is 4.70. The zero-order valence-electron chi connectivity index (χ0n) is 13.5. The van der Waals surface area contributed by atoms with Gasteiger partial charge in [0.25, 0.3) is 0 Å². The summed E-state index contributed by atoms with van der Waals surface area (Å²) in [6.07, 6.45) is 3.94. The standard InChI is InChI=1S/C22H15N3/c1-2-9-17-15(7-1)16-8-3-6-12-20(16)25-21(17)18-10-4-5-11-19(18)24-14-13-23-22(24)25/h1-14,21H. The molecule has 1 atom stereocenters. The predicted molar refractivity (Wildman–Crippen MR) is 99.4 cm³/mol. The van der Waals surface area contributed by atoms with Gasteiger partial charge in [-0.25, -0.2) is 4.98 Å². The van der Waals surface area contributed by atoms with Crippen molar-refractivity contribution in [2.45, 2.75) is 6.04 Å². The van der Waals surface area contributed by atoms with Crippen LogP contribution in [-0.2, 0) is 0 Å². The van der Waals surface area contributed by atoms with Gasteiger partial charge in [0.2, 0.25) is 5.95 Å². The largest absolute Gasteiger partial charge is 0.299 e. The number of anilines is 2. The number of rotatable bonds is 0. The minimum Gasteiger partial charge on any atom is -0.299 e. The van der Waals surface area contributed by atoms with Crippen LogP contribution in [0.5, 0.6) is 0 Å². The third-order valence-corrected chi connectivity index (χ3v) is 5.29. The van der Waals surface area contributed by atoms with Crippen LogP contribution in [0.3, 0.4) is 0 Å². The molecule has 0 saturated heterocycles. The van der Waals surface area contributed by atoms with Gasteiger partial charge in [0.1, 0.15) is 0 Å². The molecule has 0 spiro atoms. The van der Waals surface area contributed by atoms with Crippen LogP contribution in [0, 0.1) is 0 Å². The molecule has 118 valence electrons. The number of imidazole rings is 1. The van der Waals surface area contributed by atoms with Crippen LogP contribution >= 0.6 is 0 Å². The Bertz CT molecular complexity index is 1130. The highest BCUT2D eigenvalue weighted by Gasteiger charge is 2.39. The van der Waals surface area contributed by atoms with E-state index < -0.39 is 0 Å². The van der Waals surface area contributed by atoms with E-state index in [0.29, 0.717) is 0 Å². The molecule has 3 nitrogen and oxygen atoms in total. The fraction of sp³-hybridized carbons (Fsp3) is 0.0455. The van der Waals surface area contributed by atoms with E-state index in [0.717, 1.165) is 5.95 Å². The number of hydrogen-bond donors (Lipinski definition) is 0. The van der Waals surface area contributed by atoms with Crippen molar-refractivity contribution < 1.29 is 0 Å². The van der Waals surface area contributed by atoms with E-state index in [1.165, 1.54) is 33.6 Å². The number of hydrogen-bond acceptors (Lipinski definition) is 2. The quantitative estimate of drug-likeness (QED) is 0.449. The van der Waals surface area contributed by atoms with E-state index in [1.807, 2.05) is 12.4 Å². The SMILES string of the molecule is c1ccc2c(c1)-c1ccccc1N1c3nccn3-c3ccccc3C21. The van der Waals surface area contributed by atoms with Crippen LogP contribution in [0.2, 0.25) is 0 Å². The maximum absolute atomic E-state index is 4.70. The number of nitrogens with zero attached hydrogens (tertiary/aromatic N) is 3. The second-order valence-electron chi connectivity index (χ2n) is 6.53. The first-order valence-electron chi connectivity index (χ1n) is 8.54. The van der Waals surface area contributed by atoms with Crippen LogP contribution < -0.4 is 4.90 Å². The van der Waals surface area contributed by atoms with Gasteiger partial charge < -0.3 is 0 Å². The molecule has 0 bridgehead atoms. The Hall–Kier alpha value is -3.33. The van der Waals surface area contributed by atoms with Gasteiger partial charge in [0.15, 0.2) is 0 Å². The van der Waals surface area contributed by atoms with Crippen molar-refractivity contribution >= 4 is 11.6 Å². The fourth-order valence-corrected chi connectivity index (χ4v) is 4.30. The average molecular weight is 321 g/mol. The molecule has 6 rings (SSSR count). The Morgan fingerprint density at radius 1 is 0.680 bits per heavy atom. The van der Waals surface area contributed by atoms with Crippen molar-refractivity contribution in [2.24, 2.45) is 0 Å². The van der Waals surface area contributed by atoms with Gasteiger partial charge in [-0.15, -0.1) is 0 Å². The van der Waals surface area contributed by atoms with E-state index in [1.54, 1.807) is 0 Å². The van der Waals surface area contributed by atoms with E-state index >= 15 is 0 Å². The van der Waals surface area contributed by atoms with Gasteiger partial charge >= 0.3 is 0 Å². The van der Waals surface area contributed by atoms with Crippen molar-refractivity contribution in [2.75, 3.05) is 4.90 Å². The van der Waals surface area contributed by atoms with E-state index in [-0.39, 0.29) is 6.04 Å².